The molecule has 0 aromatic heterocycles. The zero-order valence-electron chi connectivity index (χ0n) is 22.3. The van der Waals surface area contributed by atoms with Crippen molar-refractivity contribution in [2.75, 3.05) is 30.3 Å². The summed E-state index contributed by atoms with van der Waals surface area (Å²) in [6, 6.07) is 11.1. The fraction of sp³-hybridized carbons (Fsp3) is 0.429. The molecule has 39 heavy (non-hydrogen) atoms. The fourth-order valence-corrected chi connectivity index (χ4v) is 5.36. The number of hydrogen-bond acceptors (Lipinski definition) is 6. The van der Waals surface area contributed by atoms with Gasteiger partial charge in [0.1, 0.15) is 17.1 Å². The van der Waals surface area contributed by atoms with Crippen molar-refractivity contribution in [1.29, 1.82) is 0 Å². The molecule has 0 unspecified atom stereocenters. The van der Waals surface area contributed by atoms with Gasteiger partial charge in [-0.25, -0.2) is 22.3 Å². The van der Waals surface area contributed by atoms with Gasteiger partial charge in [0.2, 0.25) is 10.0 Å². The lowest BCUT2D eigenvalue weighted by atomic mass is 9.85. The molecule has 0 atom stereocenters. The summed E-state index contributed by atoms with van der Waals surface area (Å²) in [6.45, 7) is 7.07. The molecule has 2 fully saturated rings. The van der Waals surface area contributed by atoms with E-state index in [1.165, 1.54) is 30.0 Å². The number of nitrogens with zero attached hydrogens (tertiary/aromatic N) is 2. The molecule has 2 aliphatic rings. The third-order valence-corrected chi connectivity index (χ3v) is 8.16. The predicted octanol–water partition coefficient (Wildman–Crippen LogP) is 2.99. The number of nitrogens with one attached hydrogen (secondary N) is 2. The Morgan fingerprint density at radius 1 is 1.15 bits per heavy atom. The standard InChI is InChI=1S/C28H33FN4O5S/c1-4-39(36,37)30-14-6-8-22-10-11-23(29)18-25(22)33-27(35)31-26(34)28(33)12-15-32(16-13-28)19-21-7-5-9-24(17-21)38-20(2)3/h5,7,9-11,17-18,20,30H,4,12-16,19H2,1-3H3,(H,31,34,35). The van der Waals surface area contributed by atoms with E-state index < -0.39 is 33.3 Å². The van der Waals surface area contributed by atoms with Gasteiger partial charge in [0, 0.05) is 25.2 Å². The number of carbonyl (C=O) groups is 2. The van der Waals surface area contributed by atoms with E-state index in [4.69, 9.17) is 4.74 Å². The molecule has 208 valence electrons. The Labute approximate surface area is 228 Å². The molecule has 2 aromatic carbocycles. The van der Waals surface area contributed by atoms with E-state index in [-0.39, 0.29) is 24.1 Å². The van der Waals surface area contributed by atoms with Crippen molar-refractivity contribution in [3.8, 4) is 17.6 Å². The lowest BCUT2D eigenvalue weighted by Crippen LogP contribution is -2.56. The Morgan fingerprint density at radius 3 is 2.59 bits per heavy atom. The summed E-state index contributed by atoms with van der Waals surface area (Å²) in [5.74, 6) is 5.27. The first kappa shape index (κ1) is 28.5. The summed E-state index contributed by atoms with van der Waals surface area (Å²) in [5.41, 5.74) is 0.399. The summed E-state index contributed by atoms with van der Waals surface area (Å²) in [6.07, 6.45) is 0.774. The molecule has 0 saturated carbocycles. The number of anilines is 1. The lowest BCUT2D eigenvalue weighted by Gasteiger charge is -2.42. The molecule has 4 rings (SSSR count). The van der Waals surface area contributed by atoms with E-state index in [2.05, 4.69) is 26.8 Å². The summed E-state index contributed by atoms with van der Waals surface area (Å²) in [4.78, 5) is 29.7. The van der Waals surface area contributed by atoms with Crippen LogP contribution in [0.4, 0.5) is 14.9 Å². The maximum atomic E-state index is 14.4. The van der Waals surface area contributed by atoms with Crippen LogP contribution >= 0.6 is 0 Å². The van der Waals surface area contributed by atoms with Gasteiger partial charge < -0.3 is 4.74 Å². The van der Waals surface area contributed by atoms with Crippen LogP contribution in [-0.2, 0) is 21.4 Å². The van der Waals surface area contributed by atoms with Gasteiger partial charge in [-0.1, -0.05) is 24.0 Å². The Bertz CT molecular complexity index is 1410. The van der Waals surface area contributed by atoms with Gasteiger partial charge in [-0.3, -0.25) is 19.9 Å². The molecule has 2 aliphatic heterocycles. The largest absolute Gasteiger partial charge is 0.491 e. The van der Waals surface area contributed by atoms with Gasteiger partial charge in [-0.2, -0.15) is 0 Å². The smallest absolute Gasteiger partial charge is 0.329 e. The van der Waals surface area contributed by atoms with Crippen LogP contribution < -0.4 is 19.7 Å². The highest BCUT2D eigenvalue weighted by Crippen LogP contribution is 2.39. The maximum absolute atomic E-state index is 14.4. The quantitative estimate of drug-likeness (QED) is 0.382. The van der Waals surface area contributed by atoms with Crippen LogP contribution in [0.5, 0.6) is 5.75 Å². The summed E-state index contributed by atoms with van der Waals surface area (Å²) in [5, 5.41) is 2.41. The minimum atomic E-state index is -3.42. The second-order valence-electron chi connectivity index (χ2n) is 9.90. The average Bonchev–Trinajstić information content (AvgIpc) is 3.12. The monoisotopic (exact) mass is 556 g/mol. The number of benzene rings is 2. The van der Waals surface area contributed by atoms with Crippen molar-refractivity contribution in [2.45, 2.75) is 51.8 Å². The lowest BCUT2D eigenvalue weighted by molar-refractivity contribution is -0.124. The van der Waals surface area contributed by atoms with E-state index in [0.717, 1.165) is 11.3 Å². The summed E-state index contributed by atoms with van der Waals surface area (Å²) >= 11 is 0. The molecule has 0 bridgehead atoms. The molecule has 2 N–H and O–H groups in total. The molecule has 9 nitrogen and oxygen atoms in total. The number of sulfonamides is 1. The number of rotatable bonds is 8. The number of hydrogen-bond donors (Lipinski definition) is 2. The Kier molecular flexibility index (Phi) is 8.59. The Morgan fingerprint density at radius 2 is 1.90 bits per heavy atom. The number of amides is 3. The van der Waals surface area contributed by atoms with E-state index in [1.54, 1.807) is 0 Å². The maximum Gasteiger partial charge on any atom is 0.329 e. The van der Waals surface area contributed by atoms with Gasteiger partial charge in [0.05, 0.1) is 24.1 Å². The predicted molar refractivity (Wildman–Crippen MR) is 146 cm³/mol. The zero-order valence-corrected chi connectivity index (χ0v) is 23.1. The second-order valence-corrected chi connectivity index (χ2v) is 12.0. The number of ether oxygens (including phenoxy) is 1. The highest BCUT2D eigenvalue weighted by atomic mass is 32.2. The van der Waals surface area contributed by atoms with E-state index in [0.29, 0.717) is 38.0 Å². The Hall–Kier alpha value is -3.46. The molecule has 2 aromatic rings. The topological polar surface area (TPSA) is 108 Å². The van der Waals surface area contributed by atoms with Crippen LogP contribution in [0.25, 0.3) is 0 Å². The summed E-state index contributed by atoms with van der Waals surface area (Å²) < 4.78 is 45.9. The van der Waals surface area contributed by atoms with Crippen molar-refractivity contribution in [2.24, 2.45) is 0 Å². The first-order chi connectivity index (χ1) is 18.5. The highest BCUT2D eigenvalue weighted by molar-refractivity contribution is 7.89. The number of halogens is 1. The van der Waals surface area contributed by atoms with Crippen molar-refractivity contribution in [1.82, 2.24) is 14.9 Å². The molecule has 2 heterocycles. The van der Waals surface area contributed by atoms with Crippen LogP contribution in [0.1, 0.15) is 44.7 Å². The second kappa shape index (κ2) is 11.7. The van der Waals surface area contributed by atoms with Crippen LogP contribution in [0.2, 0.25) is 0 Å². The zero-order chi connectivity index (χ0) is 28.2. The number of imide groups is 1. The molecule has 3 amide bonds. The van der Waals surface area contributed by atoms with Gasteiger partial charge >= 0.3 is 6.03 Å². The molecular weight excluding hydrogens is 523 g/mol. The van der Waals surface area contributed by atoms with Gasteiger partial charge in [-0.15, -0.1) is 0 Å². The van der Waals surface area contributed by atoms with Crippen molar-refractivity contribution >= 4 is 27.6 Å². The normalized spacial score (nSPS) is 17.3. The molecule has 0 radical (unpaired) electrons. The van der Waals surface area contributed by atoms with Crippen molar-refractivity contribution in [3.63, 3.8) is 0 Å². The first-order valence-corrected chi connectivity index (χ1v) is 14.6. The van der Waals surface area contributed by atoms with E-state index >= 15 is 0 Å². The number of piperidine rings is 1. The minimum absolute atomic E-state index is 0.0672. The van der Waals surface area contributed by atoms with Crippen LogP contribution in [0, 0.1) is 17.7 Å². The molecular formula is C28H33FN4O5S. The third kappa shape index (κ3) is 6.58. The highest BCUT2D eigenvalue weighted by Gasteiger charge is 2.55. The Balaban J connectivity index is 1.54. The number of urea groups is 1. The summed E-state index contributed by atoms with van der Waals surface area (Å²) in [7, 11) is -3.42. The number of likely N-dealkylation sites (tertiary alicyclic amines) is 1. The molecule has 1 spiro atoms. The van der Waals surface area contributed by atoms with Crippen LogP contribution in [-0.4, -0.2) is 62.3 Å². The van der Waals surface area contributed by atoms with Crippen molar-refractivity contribution in [3.05, 3.63) is 59.4 Å². The average molecular weight is 557 g/mol. The minimum Gasteiger partial charge on any atom is -0.491 e. The van der Waals surface area contributed by atoms with Crippen molar-refractivity contribution < 1.29 is 27.1 Å². The molecule has 0 aliphatic carbocycles. The fourth-order valence-electron chi connectivity index (χ4n) is 4.87. The number of carbonyl (C=O) groups excluding carboxylic acids is 2. The van der Waals surface area contributed by atoms with Gasteiger partial charge in [-0.05, 0) is 69.5 Å². The van der Waals surface area contributed by atoms with E-state index in [9.17, 15) is 22.4 Å². The van der Waals surface area contributed by atoms with E-state index in [1.807, 2.05) is 38.1 Å². The van der Waals surface area contributed by atoms with Gasteiger partial charge in [0.25, 0.3) is 5.91 Å². The first-order valence-electron chi connectivity index (χ1n) is 12.9. The molecule has 2 saturated heterocycles. The van der Waals surface area contributed by atoms with Crippen LogP contribution in [0.15, 0.2) is 42.5 Å². The molecule has 11 heteroatoms. The SMILES string of the molecule is CCS(=O)(=O)NCC#Cc1ccc(F)cc1N1C(=O)NC(=O)C12CCN(Cc1cccc(OC(C)C)c1)CC2. The van der Waals surface area contributed by atoms with Gasteiger partial charge in [0.15, 0.2) is 0 Å². The third-order valence-electron chi connectivity index (χ3n) is 6.82. The van der Waals surface area contributed by atoms with Crippen LogP contribution in [0.3, 0.4) is 0 Å².